The van der Waals surface area contributed by atoms with Crippen molar-refractivity contribution in [2.75, 3.05) is 24.1 Å². The summed E-state index contributed by atoms with van der Waals surface area (Å²) >= 11 is 0. The zero-order valence-corrected chi connectivity index (χ0v) is 19.1. The molecule has 0 bridgehead atoms. The van der Waals surface area contributed by atoms with Crippen LogP contribution in [0.4, 0.5) is 11.6 Å². The van der Waals surface area contributed by atoms with Crippen LogP contribution in [0.3, 0.4) is 0 Å². The number of nitrogens with zero attached hydrogens (tertiary/aromatic N) is 4. The van der Waals surface area contributed by atoms with Crippen molar-refractivity contribution in [1.29, 1.82) is 0 Å². The molecular weight excluding hydrogens is 428 g/mol. The number of hydrogen-bond donors (Lipinski definition) is 2. The first-order valence-corrected chi connectivity index (χ1v) is 11.1. The normalized spacial score (nSPS) is 11.2. The fraction of sp³-hybridized carbons (Fsp3) is 0.154. The van der Waals surface area contributed by atoms with Crippen molar-refractivity contribution in [3.8, 4) is 11.5 Å². The number of fused-ring (bicyclic) bond motifs is 1. The first-order chi connectivity index (χ1) is 16.8. The number of anilines is 2. The Morgan fingerprint density at radius 3 is 1.50 bits per heavy atom. The van der Waals surface area contributed by atoms with E-state index in [9.17, 15) is 0 Å². The van der Waals surface area contributed by atoms with Crippen LogP contribution in [0, 0.1) is 0 Å². The van der Waals surface area contributed by atoms with Gasteiger partial charge in [0.15, 0.2) is 11.6 Å². The Morgan fingerprint density at radius 2 is 1.06 bits per heavy atom. The molecular formula is C26H26N6O2. The number of benzene rings is 3. The van der Waals surface area contributed by atoms with E-state index in [0.717, 1.165) is 33.4 Å². The fourth-order valence-electron chi connectivity index (χ4n) is 3.34. The molecule has 1 aromatic heterocycles. The second-order valence-corrected chi connectivity index (χ2v) is 7.12. The van der Waals surface area contributed by atoms with Crippen LogP contribution in [0.1, 0.15) is 25.0 Å². The number of nitrogens with one attached hydrogen (secondary N) is 2. The van der Waals surface area contributed by atoms with Gasteiger partial charge in [-0.15, -0.1) is 10.2 Å². The molecule has 0 radical (unpaired) electrons. The number of aromatic nitrogens is 2. The Hall–Kier alpha value is -4.46. The Morgan fingerprint density at radius 1 is 0.647 bits per heavy atom. The summed E-state index contributed by atoms with van der Waals surface area (Å²) in [5, 5.41) is 19.0. The molecule has 2 N–H and O–H groups in total. The first kappa shape index (κ1) is 22.7. The van der Waals surface area contributed by atoms with Gasteiger partial charge in [-0.1, -0.05) is 48.5 Å². The lowest BCUT2D eigenvalue weighted by Crippen LogP contribution is -2.02. The van der Waals surface area contributed by atoms with Crippen molar-refractivity contribution in [1.82, 2.24) is 10.2 Å². The van der Waals surface area contributed by atoms with Crippen molar-refractivity contribution in [2.24, 2.45) is 10.2 Å². The summed E-state index contributed by atoms with van der Waals surface area (Å²) < 4.78 is 11.3. The molecule has 3 aromatic carbocycles. The lowest BCUT2D eigenvalue weighted by atomic mass is 10.2. The minimum atomic E-state index is 0.539. The Labute approximate surface area is 198 Å². The highest BCUT2D eigenvalue weighted by Crippen LogP contribution is 2.26. The Bertz CT molecular complexity index is 1210. The van der Waals surface area contributed by atoms with E-state index in [0.29, 0.717) is 24.8 Å². The van der Waals surface area contributed by atoms with Gasteiger partial charge in [0, 0.05) is 21.9 Å². The van der Waals surface area contributed by atoms with Gasteiger partial charge in [-0.2, -0.15) is 10.2 Å². The molecule has 0 amide bonds. The third-order valence-electron chi connectivity index (χ3n) is 4.87. The van der Waals surface area contributed by atoms with E-state index in [4.69, 9.17) is 9.47 Å². The molecule has 0 saturated heterocycles. The van der Waals surface area contributed by atoms with Crippen LogP contribution in [0.15, 0.2) is 83.0 Å². The van der Waals surface area contributed by atoms with Gasteiger partial charge < -0.3 is 9.47 Å². The maximum Gasteiger partial charge on any atom is 0.176 e. The standard InChI is InChI=1S/C26H26N6O2/c1-3-33-23-15-9-5-11-19(23)17-27-29-25-21-13-7-8-14-22(21)26(32-31-25)30-28-18-20-12-6-10-16-24(20)34-4-2/h5-18H,3-4H2,1-2H3,(H,29,31)(H,30,32)/b27-17+,28-18+. The monoisotopic (exact) mass is 454 g/mol. The molecule has 4 aromatic rings. The average molecular weight is 455 g/mol. The van der Waals surface area contributed by atoms with Gasteiger partial charge in [0.2, 0.25) is 0 Å². The predicted molar refractivity (Wildman–Crippen MR) is 137 cm³/mol. The van der Waals surface area contributed by atoms with Crippen molar-refractivity contribution >= 4 is 34.8 Å². The van der Waals surface area contributed by atoms with Gasteiger partial charge in [-0.25, -0.2) is 0 Å². The van der Waals surface area contributed by atoms with Crippen molar-refractivity contribution in [3.05, 3.63) is 83.9 Å². The summed E-state index contributed by atoms with van der Waals surface area (Å²) in [4.78, 5) is 0. The summed E-state index contributed by atoms with van der Waals surface area (Å²) in [7, 11) is 0. The molecule has 0 fully saturated rings. The molecule has 0 spiro atoms. The summed E-state index contributed by atoms with van der Waals surface area (Å²) in [6, 6.07) is 23.2. The Kier molecular flexibility index (Phi) is 7.63. The van der Waals surface area contributed by atoms with E-state index < -0.39 is 0 Å². The first-order valence-electron chi connectivity index (χ1n) is 11.1. The van der Waals surface area contributed by atoms with Crippen molar-refractivity contribution < 1.29 is 9.47 Å². The molecule has 8 heteroatoms. The van der Waals surface area contributed by atoms with Crippen molar-refractivity contribution in [3.63, 3.8) is 0 Å². The molecule has 172 valence electrons. The van der Waals surface area contributed by atoms with E-state index in [2.05, 4.69) is 31.3 Å². The van der Waals surface area contributed by atoms with Gasteiger partial charge in [-0.05, 0) is 38.1 Å². The molecule has 4 rings (SSSR count). The smallest absolute Gasteiger partial charge is 0.176 e. The number of hydrazone groups is 2. The van der Waals surface area contributed by atoms with E-state index in [1.54, 1.807) is 12.4 Å². The van der Waals surface area contributed by atoms with Crippen molar-refractivity contribution in [2.45, 2.75) is 13.8 Å². The van der Waals surface area contributed by atoms with E-state index >= 15 is 0 Å². The average Bonchev–Trinajstić information content (AvgIpc) is 2.87. The fourth-order valence-corrected chi connectivity index (χ4v) is 3.34. The predicted octanol–water partition coefficient (Wildman–Crippen LogP) is 5.32. The summed E-state index contributed by atoms with van der Waals surface area (Å²) in [5.74, 6) is 2.62. The Balaban J connectivity index is 1.53. The maximum absolute atomic E-state index is 5.64. The molecule has 0 aliphatic rings. The lowest BCUT2D eigenvalue weighted by molar-refractivity contribution is 0.339. The van der Waals surface area contributed by atoms with Crippen LogP contribution in [0.25, 0.3) is 10.8 Å². The molecule has 8 nitrogen and oxygen atoms in total. The molecule has 1 heterocycles. The second-order valence-electron chi connectivity index (χ2n) is 7.12. The number of ether oxygens (including phenoxy) is 2. The third kappa shape index (κ3) is 5.47. The quantitative estimate of drug-likeness (QED) is 0.249. The highest BCUT2D eigenvalue weighted by Gasteiger charge is 2.08. The van der Waals surface area contributed by atoms with Crippen LogP contribution in [-0.2, 0) is 0 Å². The van der Waals surface area contributed by atoms with Crippen LogP contribution in [0.2, 0.25) is 0 Å². The van der Waals surface area contributed by atoms with Crippen LogP contribution < -0.4 is 20.3 Å². The summed E-state index contributed by atoms with van der Waals surface area (Å²) in [6.07, 6.45) is 3.40. The van der Waals surface area contributed by atoms with E-state index in [-0.39, 0.29) is 0 Å². The molecule has 0 unspecified atom stereocenters. The van der Waals surface area contributed by atoms with E-state index in [1.807, 2.05) is 86.6 Å². The summed E-state index contributed by atoms with van der Waals surface area (Å²) in [6.45, 7) is 5.07. The minimum absolute atomic E-state index is 0.539. The van der Waals surface area contributed by atoms with Gasteiger partial charge >= 0.3 is 0 Å². The van der Waals surface area contributed by atoms with Crippen LogP contribution >= 0.6 is 0 Å². The van der Waals surface area contributed by atoms with E-state index in [1.165, 1.54) is 0 Å². The zero-order chi connectivity index (χ0) is 23.6. The molecule has 0 atom stereocenters. The van der Waals surface area contributed by atoms with Gasteiger partial charge in [0.05, 0.1) is 25.6 Å². The topological polar surface area (TPSA) is 93.0 Å². The van der Waals surface area contributed by atoms with Gasteiger partial charge in [0.25, 0.3) is 0 Å². The van der Waals surface area contributed by atoms with Crippen LogP contribution in [0.5, 0.6) is 11.5 Å². The maximum atomic E-state index is 5.64. The van der Waals surface area contributed by atoms with Gasteiger partial charge in [-0.3, -0.25) is 10.9 Å². The third-order valence-corrected chi connectivity index (χ3v) is 4.87. The zero-order valence-electron chi connectivity index (χ0n) is 19.1. The lowest BCUT2D eigenvalue weighted by Gasteiger charge is -2.09. The van der Waals surface area contributed by atoms with Crippen LogP contribution in [-0.4, -0.2) is 35.8 Å². The SMILES string of the molecule is CCOc1ccccc1/C=N/Nc1nnc(N/N=C/c2ccccc2OCC)c2ccccc12. The molecule has 0 saturated carbocycles. The molecule has 34 heavy (non-hydrogen) atoms. The number of rotatable bonds is 10. The largest absolute Gasteiger partial charge is 0.493 e. The number of para-hydroxylation sites is 2. The second kappa shape index (κ2) is 11.4. The summed E-state index contributed by atoms with van der Waals surface area (Å²) in [5.41, 5.74) is 7.73. The highest BCUT2D eigenvalue weighted by atomic mass is 16.5. The minimum Gasteiger partial charge on any atom is -0.493 e. The number of hydrogen-bond acceptors (Lipinski definition) is 8. The molecule has 0 aliphatic heterocycles. The van der Waals surface area contributed by atoms with Gasteiger partial charge in [0.1, 0.15) is 11.5 Å². The highest BCUT2D eigenvalue weighted by molar-refractivity contribution is 5.98. The molecule has 0 aliphatic carbocycles.